The molecular formula is C17H12BrN3OS. The Kier molecular flexibility index (Phi) is 3.71. The molecule has 3 aromatic rings. The van der Waals surface area contributed by atoms with Gasteiger partial charge in [-0.3, -0.25) is 14.3 Å². The molecule has 1 atom stereocenters. The van der Waals surface area contributed by atoms with Crippen molar-refractivity contribution in [2.24, 2.45) is 0 Å². The van der Waals surface area contributed by atoms with E-state index in [2.05, 4.69) is 26.2 Å². The van der Waals surface area contributed by atoms with Crippen LogP contribution in [0.1, 0.15) is 15.7 Å². The third kappa shape index (κ3) is 2.58. The van der Waals surface area contributed by atoms with Crippen molar-refractivity contribution in [3.63, 3.8) is 0 Å². The number of hydrogen-bond acceptors (Lipinski definition) is 4. The van der Waals surface area contributed by atoms with Gasteiger partial charge in [0.2, 0.25) is 0 Å². The number of hydrogen-bond donors (Lipinski definition) is 1. The van der Waals surface area contributed by atoms with Crippen LogP contribution in [0.15, 0.2) is 70.6 Å². The molecule has 0 aliphatic carbocycles. The molecule has 4 nitrogen and oxygen atoms in total. The van der Waals surface area contributed by atoms with Crippen molar-refractivity contribution in [2.75, 3.05) is 0 Å². The van der Waals surface area contributed by atoms with Gasteiger partial charge in [0.25, 0.3) is 5.91 Å². The van der Waals surface area contributed by atoms with Crippen LogP contribution in [0.5, 0.6) is 0 Å². The maximum atomic E-state index is 12.8. The Morgan fingerprint density at radius 1 is 1.26 bits per heavy atom. The molecule has 1 N–H and O–H groups in total. The molecule has 1 unspecified atom stereocenters. The third-order valence-electron chi connectivity index (χ3n) is 3.72. The molecule has 114 valence electrons. The van der Waals surface area contributed by atoms with Crippen molar-refractivity contribution in [3.05, 3.63) is 76.1 Å². The molecule has 2 aromatic heterocycles. The second-order valence-corrected chi connectivity index (χ2v) is 6.98. The summed E-state index contributed by atoms with van der Waals surface area (Å²) in [5.74, 6) is -0.0583. The van der Waals surface area contributed by atoms with Crippen LogP contribution in [0.25, 0.3) is 10.9 Å². The van der Waals surface area contributed by atoms with Gasteiger partial charge in [0.1, 0.15) is 11.1 Å². The summed E-state index contributed by atoms with van der Waals surface area (Å²) in [5, 5.41) is 6.20. The fourth-order valence-electron chi connectivity index (χ4n) is 2.59. The lowest BCUT2D eigenvalue weighted by molar-refractivity contribution is 0.0952. The number of pyridine rings is 1. The van der Waals surface area contributed by atoms with Crippen LogP contribution in [0.4, 0.5) is 0 Å². The molecule has 1 aliphatic rings. The number of fused-ring (bicyclic) bond motifs is 1. The van der Waals surface area contributed by atoms with Crippen molar-refractivity contribution in [1.29, 1.82) is 0 Å². The quantitative estimate of drug-likeness (QED) is 0.713. The van der Waals surface area contributed by atoms with Crippen LogP contribution in [-0.4, -0.2) is 15.5 Å². The Hall–Kier alpha value is -2.05. The van der Waals surface area contributed by atoms with E-state index in [1.165, 1.54) is 0 Å². The Labute approximate surface area is 145 Å². The largest absolute Gasteiger partial charge is 0.364 e. The van der Waals surface area contributed by atoms with Gasteiger partial charge >= 0.3 is 0 Å². The minimum Gasteiger partial charge on any atom is -0.364 e. The number of benzene rings is 1. The zero-order valence-electron chi connectivity index (χ0n) is 11.9. The van der Waals surface area contributed by atoms with Crippen molar-refractivity contribution >= 4 is 44.5 Å². The molecule has 0 spiro atoms. The van der Waals surface area contributed by atoms with Gasteiger partial charge < -0.3 is 5.32 Å². The summed E-state index contributed by atoms with van der Waals surface area (Å²) in [6, 6.07) is 11.7. The van der Waals surface area contributed by atoms with E-state index in [4.69, 9.17) is 0 Å². The first-order valence-electron chi connectivity index (χ1n) is 7.06. The van der Waals surface area contributed by atoms with E-state index in [0.29, 0.717) is 5.70 Å². The lowest BCUT2D eigenvalue weighted by Gasteiger charge is -2.12. The molecule has 1 aliphatic heterocycles. The van der Waals surface area contributed by atoms with Gasteiger partial charge in [-0.15, -0.1) is 11.8 Å². The topological polar surface area (TPSA) is 46.9 Å². The first-order chi connectivity index (χ1) is 11.2. The molecule has 0 amide bonds. The highest BCUT2D eigenvalue weighted by atomic mass is 79.9. The standard InChI is InChI=1S/C17H12BrN3OS/c18-13-4-1-5-15-12(13)6-8-21(15)17(22)14-10-23-16(20-14)11-3-2-7-19-9-11/h1-10,16,20H. The Morgan fingerprint density at radius 2 is 2.17 bits per heavy atom. The van der Waals surface area contributed by atoms with Crippen LogP contribution in [0.2, 0.25) is 0 Å². The number of allylic oxidation sites excluding steroid dienone is 1. The fraction of sp³-hybridized carbons (Fsp3) is 0.0588. The van der Waals surface area contributed by atoms with Gasteiger partial charge in [0.05, 0.1) is 5.52 Å². The molecule has 3 heterocycles. The summed E-state index contributed by atoms with van der Waals surface area (Å²) >= 11 is 5.10. The Bertz CT molecular complexity index is 920. The maximum Gasteiger partial charge on any atom is 0.279 e. The molecule has 4 rings (SSSR count). The maximum absolute atomic E-state index is 12.8. The minimum absolute atomic E-state index is 0.0243. The highest BCUT2D eigenvalue weighted by Crippen LogP contribution is 2.34. The molecule has 6 heteroatoms. The van der Waals surface area contributed by atoms with Gasteiger partial charge in [0, 0.05) is 39.4 Å². The van der Waals surface area contributed by atoms with E-state index in [-0.39, 0.29) is 11.3 Å². The highest BCUT2D eigenvalue weighted by Gasteiger charge is 2.24. The third-order valence-corrected chi connectivity index (χ3v) is 5.45. The lowest BCUT2D eigenvalue weighted by Crippen LogP contribution is -2.23. The number of nitrogens with one attached hydrogen (secondary N) is 1. The van der Waals surface area contributed by atoms with Crippen LogP contribution < -0.4 is 5.32 Å². The molecule has 0 saturated carbocycles. The van der Waals surface area contributed by atoms with Gasteiger partial charge in [-0.2, -0.15) is 0 Å². The van der Waals surface area contributed by atoms with Crippen LogP contribution in [0.3, 0.4) is 0 Å². The number of carbonyl (C=O) groups is 1. The molecule has 23 heavy (non-hydrogen) atoms. The molecule has 1 aromatic carbocycles. The van der Waals surface area contributed by atoms with Crippen molar-refractivity contribution in [3.8, 4) is 0 Å². The second kappa shape index (κ2) is 5.86. The lowest BCUT2D eigenvalue weighted by atomic mass is 10.2. The minimum atomic E-state index is -0.0583. The summed E-state index contributed by atoms with van der Waals surface area (Å²) in [6.45, 7) is 0. The van der Waals surface area contributed by atoms with E-state index in [9.17, 15) is 4.79 Å². The molecule has 0 fully saturated rings. The number of halogens is 1. The van der Waals surface area contributed by atoms with Gasteiger partial charge in [0.15, 0.2) is 0 Å². The van der Waals surface area contributed by atoms with Crippen LogP contribution in [0, 0.1) is 0 Å². The first-order valence-corrected chi connectivity index (χ1v) is 8.80. The number of thioether (sulfide) groups is 1. The number of nitrogens with zero attached hydrogens (tertiary/aromatic N) is 2. The molecule has 0 radical (unpaired) electrons. The predicted octanol–water partition coefficient (Wildman–Crippen LogP) is 4.32. The summed E-state index contributed by atoms with van der Waals surface area (Å²) in [5.41, 5.74) is 2.54. The van der Waals surface area contributed by atoms with Crippen molar-refractivity contribution in [1.82, 2.24) is 14.9 Å². The van der Waals surface area contributed by atoms with E-state index >= 15 is 0 Å². The van der Waals surface area contributed by atoms with Gasteiger partial charge in [-0.1, -0.05) is 28.1 Å². The van der Waals surface area contributed by atoms with Gasteiger partial charge in [-0.05, 0) is 24.3 Å². The first kappa shape index (κ1) is 14.5. The van der Waals surface area contributed by atoms with Crippen molar-refractivity contribution in [2.45, 2.75) is 5.37 Å². The summed E-state index contributed by atoms with van der Waals surface area (Å²) < 4.78 is 2.66. The average Bonchev–Trinajstić information content (AvgIpc) is 3.23. The number of carbonyl (C=O) groups excluding carboxylic acids is 1. The predicted molar refractivity (Wildman–Crippen MR) is 96.1 cm³/mol. The molecule has 0 saturated heterocycles. The van der Waals surface area contributed by atoms with E-state index in [0.717, 1.165) is 20.9 Å². The second-order valence-electron chi connectivity index (χ2n) is 5.14. The number of rotatable bonds is 2. The smallest absolute Gasteiger partial charge is 0.279 e. The normalized spacial score (nSPS) is 17.1. The summed E-state index contributed by atoms with van der Waals surface area (Å²) in [6.07, 6.45) is 5.36. The Balaban J connectivity index is 1.61. The van der Waals surface area contributed by atoms with Crippen LogP contribution >= 0.6 is 27.7 Å². The average molecular weight is 386 g/mol. The summed E-state index contributed by atoms with van der Waals surface area (Å²) in [4.78, 5) is 16.9. The van der Waals surface area contributed by atoms with Crippen LogP contribution in [-0.2, 0) is 0 Å². The molecular weight excluding hydrogens is 374 g/mol. The number of aromatic nitrogens is 2. The van der Waals surface area contributed by atoms with E-state index < -0.39 is 0 Å². The Morgan fingerprint density at radius 3 is 3.00 bits per heavy atom. The highest BCUT2D eigenvalue weighted by molar-refractivity contribution is 9.10. The zero-order chi connectivity index (χ0) is 15.8. The van der Waals surface area contributed by atoms with E-state index in [1.807, 2.05) is 54.2 Å². The summed E-state index contributed by atoms with van der Waals surface area (Å²) in [7, 11) is 0. The van der Waals surface area contributed by atoms with Crippen molar-refractivity contribution < 1.29 is 4.79 Å². The monoisotopic (exact) mass is 385 g/mol. The molecule has 0 bridgehead atoms. The van der Waals surface area contributed by atoms with Gasteiger partial charge in [-0.25, -0.2) is 0 Å². The van der Waals surface area contributed by atoms with E-state index in [1.54, 1.807) is 22.5 Å². The SMILES string of the molecule is O=C(C1=CSC(c2cccnc2)N1)n1ccc2c(Br)cccc21. The fourth-order valence-corrected chi connectivity index (χ4v) is 4.01. The zero-order valence-corrected chi connectivity index (χ0v) is 14.3.